The smallest absolute Gasteiger partial charge is 0.307 e. The number of sulfone groups is 1. The molecule has 2 unspecified atom stereocenters. The minimum atomic E-state index is -3.75. The first-order valence-electron chi connectivity index (χ1n) is 9.01. The Morgan fingerprint density at radius 2 is 1.67 bits per heavy atom. The van der Waals surface area contributed by atoms with Gasteiger partial charge >= 0.3 is 5.97 Å². The van der Waals surface area contributed by atoms with Gasteiger partial charge in [-0.2, -0.15) is 0 Å². The van der Waals surface area contributed by atoms with Gasteiger partial charge in [0.1, 0.15) is 5.75 Å². The number of carbonyl (C=O) groups is 1. The molecular weight excluding hydrogens is 364 g/mol. The van der Waals surface area contributed by atoms with Crippen molar-refractivity contribution >= 4 is 15.8 Å². The summed E-state index contributed by atoms with van der Waals surface area (Å²) in [5.74, 6) is -1.52. The summed E-state index contributed by atoms with van der Waals surface area (Å²) in [6, 6.07) is 16.1. The van der Waals surface area contributed by atoms with Crippen LogP contribution < -0.4 is 4.74 Å². The number of carboxylic acid groups (broad SMARTS) is 1. The fourth-order valence-electron chi connectivity index (χ4n) is 3.09. The second kappa shape index (κ2) is 9.55. The fraction of sp³-hybridized carbons (Fsp3) is 0.381. The lowest BCUT2D eigenvalue weighted by Crippen LogP contribution is -2.33. The van der Waals surface area contributed by atoms with Gasteiger partial charge in [-0.15, -0.1) is 0 Å². The maximum absolute atomic E-state index is 13.0. The molecule has 146 valence electrons. The molecule has 2 atom stereocenters. The van der Waals surface area contributed by atoms with Crippen molar-refractivity contribution in [1.29, 1.82) is 0 Å². The Kier molecular flexibility index (Phi) is 7.42. The van der Waals surface area contributed by atoms with Crippen molar-refractivity contribution < 1.29 is 23.1 Å². The predicted octanol–water partition coefficient (Wildman–Crippen LogP) is 3.97. The molecule has 2 rings (SSSR count). The van der Waals surface area contributed by atoms with Crippen LogP contribution in [-0.2, 0) is 21.1 Å². The predicted molar refractivity (Wildman–Crippen MR) is 105 cm³/mol. The molecule has 27 heavy (non-hydrogen) atoms. The maximum atomic E-state index is 13.0. The van der Waals surface area contributed by atoms with E-state index >= 15 is 0 Å². The van der Waals surface area contributed by atoms with Gasteiger partial charge in [0.05, 0.1) is 23.2 Å². The van der Waals surface area contributed by atoms with Crippen molar-refractivity contribution in [2.45, 2.75) is 42.8 Å². The van der Waals surface area contributed by atoms with E-state index < -0.39 is 27.0 Å². The Morgan fingerprint density at radius 1 is 1.04 bits per heavy atom. The van der Waals surface area contributed by atoms with Crippen LogP contribution in [0.15, 0.2) is 59.5 Å². The quantitative estimate of drug-likeness (QED) is 0.621. The zero-order chi connectivity index (χ0) is 19.9. The Morgan fingerprint density at radius 3 is 2.22 bits per heavy atom. The lowest BCUT2D eigenvalue weighted by atomic mass is 10.0. The summed E-state index contributed by atoms with van der Waals surface area (Å²) in [5, 5.41) is 8.44. The summed E-state index contributed by atoms with van der Waals surface area (Å²) >= 11 is 0. The Balaban J connectivity index is 2.11. The van der Waals surface area contributed by atoms with E-state index in [1.54, 1.807) is 12.1 Å². The zero-order valence-corrected chi connectivity index (χ0v) is 16.5. The SMILES string of the molecule is COc1ccc(S(=O)(=O)C(CCCCc2ccccc2)C(C)C(=O)O)cc1. The van der Waals surface area contributed by atoms with Gasteiger partial charge in [0.15, 0.2) is 9.84 Å². The molecule has 0 bridgehead atoms. The summed E-state index contributed by atoms with van der Waals surface area (Å²) < 4.78 is 31.1. The normalized spacial score (nSPS) is 13.7. The van der Waals surface area contributed by atoms with Gasteiger partial charge in [0.2, 0.25) is 0 Å². The number of unbranched alkanes of at least 4 members (excludes halogenated alkanes) is 1. The van der Waals surface area contributed by atoms with Crippen molar-refractivity contribution in [1.82, 2.24) is 0 Å². The number of rotatable bonds is 10. The molecule has 0 heterocycles. The second-order valence-electron chi connectivity index (χ2n) is 6.62. The minimum Gasteiger partial charge on any atom is -0.497 e. The van der Waals surface area contributed by atoms with E-state index in [-0.39, 0.29) is 4.90 Å². The third-order valence-corrected chi connectivity index (χ3v) is 7.15. The highest BCUT2D eigenvalue weighted by molar-refractivity contribution is 7.92. The van der Waals surface area contributed by atoms with Gasteiger partial charge in [0, 0.05) is 0 Å². The van der Waals surface area contributed by atoms with Crippen molar-refractivity contribution in [3.63, 3.8) is 0 Å². The Hall–Kier alpha value is -2.34. The van der Waals surface area contributed by atoms with Gasteiger partial charge in [0.25, 0.3) is 0 Å². The van der Waals surface area contributed by atoms with E-state index in [2.05, 4.69) is 0 Å². The average Bonchev–Trinajstić information content (AvgIpc) is 2.68. The lowest BCUT2D eigenvalue weighted by molar-refractivity contribution is -0.141. The van der Waals surface area contributed by atoms with Crippen LogP contribution in [-0.4, -0.2) is 31.9 Å². The number of aliphatic carboxylic acids is 1. The summed E-state index contributed by atoms with van der Waals surface area (Å²) in [7, 11) is -2.25. The largest absolute Gasteiger partial charge is 0.497 e. The highest BCUT2D eigenvalue weighted by atomic mass is 32.2. The third-order valence-electron chi connectivity index (χ3n) is 4.78. The minimum absolute atomic E-state index is 0.129. The molecule has 0 fully saturated rings. The first-order chi connectivity index (χ1) is 12.9. The molecule has 0 saturated heterocycles. The van der Waals surface area contributed by atoms with Crippen molar-refractivity contribution in [3.8, 4) is 5.75 Å². The number of aryl methyl sites for hydroxylation is 1. The highest BCUT2D eigenvalue weighted by Gasteiger charge is 2.35. The number of benzene rings is 2. The molecule has 0 aliphatic rings. The Bertz CT molecular complexity index is 829. The van der Waals surface area contributed by atoms with Gasteiger partial charge in [-0.1, -0.05) is 43.7 Å². The molecule has 0 aliphatic carbocycles. The molecular formula is C21H26O5S. The zero-order valence-electron chi connectivity index (χ0n) is 15.7. The summed E-state index contributed by atoms with van der Waals surface area (Å²) in [6.07, 6.45) is 2.61. The molecule has 0 aromatic heterocycles. The maximum Gasteiger partial charge on any atom is 0.307 e. The monoisotopic (exact) mass is 390 g/mol. The topological polar surface area (TPSA) is 80.7 Å². The molecule has 5 nitrogen and oxygen atoms in total. The van der Waals surface area contributed by atoms with Gasteiger partial charge in [-0.05, 0) is 49.1 Å². The molecule has 2 aromatic carbocycles. The number of ether oxygens (including phenoxy) is 1. The van der Waals surface area contributed by atoms with E-state index in [0.29, 0.717) is 18.6 Å². The molecule has 0 amide bonds. The number of methoxy groups -OCH3 is 1. The van der Waals surface area contributed by atoms with E-state index in [0.717, 1.165) is 12.8 Å². The van der Waals surface area contributed by atoms with Crippen LogP contribution >= 0.6 is 0 Å². The van der Waals surface area contributed by atoms with Crippen LogP contribution in [0.2, 0.25) is 0 Å². The van der Waals surface area contributed by atoms with Crippen LogP contribution in [0.4, 0.5) is 0 Å². The van der Waals surface area contributed by atoms with Crippen LogP contribution in [0.25, 0.3) is 0 Å². The van der Waals surface area contributed by atoms with Gasteiger partial charge in [-0.3, -0.25) is 4.79 Å². The van der Waals surface area contributed by atoms with Crippen molar-refractivity contribution in [2.24, 2.45) is 5.92 Å². The summed E-state index contributed by atoms with van der Waals surface area (Å²) in [5.41, 5.74) is 1.19. The number of hydrogen-bond donors (Lipinski definition) is 1. The van der Waals surface area contributed by atoms with E-state index in [4.69, 9.17) is 4.74 Å². The molecule has 0 spiro atoms. The molecule has 0 radical (unpaired) electrons. The Labute approximate surface area is 160 Å². The van der Waals surface area contributed by atoms with Crippen LogP contribution in [0.1, 0.15) is 31.7 Å². The van der Waals surface area contributed by atoms with Crippen LogP contribution in [0.5, 0.6) is 5.75 Å². The molecule has 1 N–H and O–H groups in total. The van der Waals surface area contributed by atoms with Crippen LogP contribution in [0.3, 0.4) is 0 Å². The summed E-state index contributed by atoms with van der Waals surface area (Å²) in [6.45, 7) is 1.46. The van der Waals surface area contributed by atoms with Crippen LogP contribution in [0, 0.1) is 5.92 Å². The molecule has 6 heteroatoms. The lowest BCUT2D eigenvalue weighted by Gasteiger charge is -2.21. The number of carboxylic acids is 1. The van der Waals surface area contributed by atoms with E-state index in [1.165, 1.54) is 31.7 Å². The van der Waals surface area contributed by atoms with Gasteiger partial charge in [-0.25, -0.2) is 8.42 Å². The van der Waals surface area contributed by atoms with Crippen molar-refractivity contribution in [3.05, 3.63) is 60.2 Å². The second-order valence-corrected chi connectivity index (χ2v) is 8.78. The van der Waals surface area contributed by atoms with Gasteiger partial charge < -0.3 is 9.84 Å². The van der Waals surface area contributed by atoms with E-state index in [1.807, 2.05) is 30.3 Å². The standard InChI is InChI=1S/C21H26O5S/c1-16(21(22)23)20(11-7-6-10-17-8-4-3-5-9-17)27(24,25)19-14-12-18(26-2)13-15-19/h3-5,8-9,12-16,20H,6-7,10-11H2,1-2H3,(H,22,23). The average molecular weight is 391 g/mol. The molecule has 2 aromatic rings. The van der Waals surface area contributed by atoms with E-state index in [9.17, 15) is 18.3 Å². The first kappa shape index (κ1) is 21.0. The summed E-state index contributed by atoms with van der Waals surface area (Å²) in [4.78, 5) is 11.6. The molecule has 0 saturated carbocycles. The molecule has 0 aliphatic heterocycles. The fourth-order valence-corrected chi connectivity index (χ4v) is 5.09. The third kappa shape index (κ3) is 5.57. The first-order valence-corrected chi connectivity index (χ1v) is 10.6. The number of hydrogen-bond acceptors (Lipinski definition) is 4. The highest BCUT2D eigenvalue weighted by Crippen LogP contribution is 2.28. The van der Waals surface area contributed by atoms with Crippen molar-refractivity contribution in [2.75, 3.05) is 7.11 Å².